The lowest BCUT2D eigenvalue weighted by atomic mass is 10.3. The molecular weight excluding hydrogens is 246 g/mol. The Morgan fingerprint density at radius 1 is 1.50 bits per heavy atom. The average Bonchev–Trinajstić information content (AvgIpc) is 2.35. The zero-order chi connectivity index (χ0) is 13.1. The van der Waals surface area contributed by atoms with Crippen LogP contribution >= 0.6 is 11.8 Å². The van der Waals surface area contributed by atoms with Gasteiger partial charge >= 0.3 is 0 Å². The van der Waals surface area contributed by atoms with Crippen LogP contribution in [-0.2, 0) is 5.75 Å². The van der Waals surface area contributed by atoms with Crippen LogP contribution in [0.3, 0.4) is 0 Å². The van der Waals surface area contributed by atoms with Crippen LogP contribution < -0.4 is 11.3 Å². The van der Waals surface area contributed by atoms with E-state index in [2.05, 4.69) is 11.9 Å². The molecule has 5 heteroatoms. The Hall–Kier alpha value is -1.33. The highest BCUT2D eigenvalue weighted by Gasteiger charge is 2.05. The Bertz CT molecular complexity index is 609. The van der Waals surface area contributed by atoms with Gasteiger partial charge in [-0.3, -0.25) is 9.20 Å². The number of fused-ring (bicyclic) bond motifs is 1. The Morgan fingerprint density at radius 3 is 3.00 bits per heavy atom. The van der Waals surface area contributed by atoms with Gasteiger partial charge in [0.05, 0.1) is 5.69 Å². The molecule has 2 aromatic heterocycles. The standard InChI is InChI=1S/C13H17N3OS/c1-9-3-4-16-12(5-9)15-11(6-13(16)17)8-18-10(2)7-14/h3-6,10H,7-8,14H2,1-2H3. The molecule has 2 N–H and O–H groups in total. The van der Waals surface area contributed by atoms with Crippen LogP contribution in [0.5, 0.6) is 0 Å². The van der Waals surface area contributed by atoms with E-state index in [0.29, 0.717) is 17.4 Å². The van der Waals surface area contributed by atoms with Crippen molar-refractivity contribution in [2.45, 2.75) is 24.9 Å². The van der Waals surface area contributed by atoms with Gasteiger partial charge in [0, 0.05) is 29.8 Å². The fourth-order valence-electron chi connectivity index (χ4n) is 1.62. The highest BCUT2D eigenvalue weighted by Crippen LogP contribution is 2.15. The third-order valence-electron chi connectivity index (χ3n) is 2.72. The van der Waals surface area contributed by atoms with Crippen LogP contribution in [0.25, 0.3) is 5.65 Å². The number of nitrogens with zero attached hydrogens (tertiary/aromatic N) is 2. The second kappa shape index (κ2) is 5.54. The topological polar surface area (TPSA) is 60.4 Å². The summed E-state index contributed by atoms with van der Waals surface area (Å²) >= 11 is 1.72. The van der Waals surface area contributed by atoms with Crippen molar-refractivity contribution in [2.24, 2.45) is 5.73 Å². The van der Waals surface area contributed by atoms with E-state index in [1.54, 1.807) is 28.4 Å². The van der Waals surface area contributed by atoms with Crippen molar-refractivity contribution in [2.75, 3.05) is 6.54 Å². The molecule has 0 aliphatic heterocycles. The minimum atomic E-state index is -0.0315. The molecule has 0 amide bonds. The maximum Gasteiger partial charge on any atom is 0.258 e. The second-order valence-corrected chi connectivity index (χ2v) is 5.80. The molecule has 4 nitrogen and oxygen atoms in total. The third kappa shape index (κ3) is 2.91. The molecule has 2 heterocycles. The normalized spacial score (nSPS) is 12.8. The SMILES string of the molecule is Cc1ccn2c(=O)cc(CSC(C)CN)nc2c1. The lowest BCUT2D eigenvalue weighted by Crippen LogP contribution is -2.16. The predicted octanol–water partition coefficient (Wildman–Crippen LogP) is 1.58. The molecule has 0 bridgehead atoms. The number of aromatic nitrogens is 2. The van der Waals surface area contributed by atoms with Crippen molar-refractivity contribution >= 4 is 17.4 Å². The molecule has 96 valence electrons. The van der Waals surface area contributed by atoms with E-state index in [1.165, 1.54) is 0 Å². The number of nitrogens with two attached hydrogens (primary N) is 1. The van der Waals surface area contributed by atoms with Crippen molar-refractivity contribution in [3.05, 3.63) is 46.0 Å². The molecule has 2 rings (SSSR count). The maximum absolute atomic E-state index is 11.9. The summed E-state index contributed by atoms with van der Waals surface area (Å²) in [7, 11) is 0. The van der Waals surface area contributed by atoms with Gasteiger partial charge in [-0.15, -0.1) is 0 Å². The van der Waals surface area contributed by atoms with E-state index >= 15 is 0 Å². The Kier molecular flexibility index (Phi) is 4.04. The average molecular weight is 263 g/mol. The Morgan fingerprint density at radius 2 is 2.28 bits per heavy atom. The van der Waals surface area contributed by atoms with Crippen LogP contribution in [0.2, 0.25) is 0 Å². The summed E-state index contributed by atoms with van der Waals surface area (Å²) in [4.78, 5) is 16.4. The minimum absolute atomic E-state index is 0.0315. The van der Waals surface area contributed by atoms with Crippen molar-refractivity contribution in [1.82, 2.24) is 9.38 Å². The van der Waals surface area contributed by atoms with Crippen LogP contribution in [-0.4, -0.2) is 21.2 Å². The first kappa shape index (κ1) is 13.1. The zero-order valence-electron chi connectivity index (χ0n) is 10.6. The van der Waals surface area contributed by atoms with E-state index in [0.717, 1.165) is 17.0 Å². The minimum Gasteiger partial charge on any atom is -0.329 e. The molecular formula is C13H17N3OS. The zero-order valence-corrected chi connectivity index (χ0v) is 11.4. The smallest absolute Gasteiger partial charge is 0.258 e. The monoisotopic (exact) mass is 263 g/mol. The van der Waals surface area contributed by atoms with E-state index in [1.807, 2.05) is 19.1 Å². The largest absolute Gasteiger partial charge is 0.329 e. The van der Waals surface area contributed by atoms with E-state index in [-0.39, 0.29) is 5.56 Å². The molecule has 0 spiro atoms. The highest BCUT2D eigenvalue weighted by molar-refractivity contribution is 7.99. The number of aryl methyl sites for hydroxylation is 1. The number of hydrogen-bond donors (Lipinski definition) is 1. The van der Waals surface area contributed by atoms with Gasteiger partial charge in [-0.25, -0.2) is 4.98 Å². The van der Waals surface area contributed by atoms with E-state index in [4.69, 9.17) is 5.73 Å². The summed E-state index contributed by atoms with van der Waals surface area (Å²) < 4.78 is 1.56. The molecule has 0 aliphatic rings. The fourth-order valence-corrected chi connectivity index (χ4v) is 2.36. The molecule has 0 aliphatic carbocycles. The van der Waals surface area contributed by atoms with E-state index < -0.39 is 0 Å². The van der Waals surface area contributed by atoms with Crippen LogP contribution in [0.4, 0.5) is 0 Å². The first-order chi connectivity index (χ1) is 8.60. The summed E-state index contributed by atoms with van der Waals surface area (Å²) in [6.07, 6.45) is 1.76. The van der Waals surface area contributed by atoms with Gasteiger partial charge < -0.3 is 5.73 Å². The molecule has 1 unspecified atom stereocenters. The molecule has 0 radical (unpaired) electrons. The molecule has 0 saturated carbocycles. The summed E-state index contributed by atoms with van der Waals surface area (Å²) in [6.45, 7) is 4.70. The summed E-state index contributed by atoms with van der Waals surface area (Å²) in [5.74, 6) is 0.720. The van der Waals surface area contributed by atoms with Crippen LogP contribution in [0.1, 0.15) is 18.2 Å². The first-order valence-electron chi connectivity index (χ1n) is 5.91. The van der Waals surface area contributed by atoms with Crippen molar-refractivity contribution < 1.29 is 0 Å². The molecule has 2 aromatic rings. The Labute approximate surface area is 110 Å². The lowest BCUT2D eigenvalue weighted by molar-refractivity contribution is 0.946. The number of rotatable bonds is 4. The summed E-state index contributed by atoms with van der Waals surface area (Å²) in [5, 5.41) is 0.378. The molecule has 0 fully saturated rings. The number of pyridine rings is 1. The third-order valence-corrected chi connectivity index (χ3v) is 3.95. The quantitative estimate of drug-likeness (QED) is 0.910. The highest BCUT2D eigenvalue weighted by atomic mass is 32.2. The van der Waals surface area contributed by atoms with Gasteiger partial charge in [0.1, 0.15) is 5.65 Å². The van der Waals surface area contributed by atoms with Crippen molar-refractivity contribution in [1.29, 1.82) is 0 Å². The van der Waals surface area contributed by atoms with Gasteiger partial charge in [0.2, 0.25) is 0 Å². The van der Waals surface area contributed by atoms with Crippen molar-refractivity contribution in [3.8, 4) is 0 Å². The van der Waals surface area contributed by atoms with E-state index in [9.17, 15) is 4.79 Å². The number of hydrogen-bond acceptors (Lipinski definition) is 4. The van der Waals surface area contributed by atoms with Crippen LogP contribution in [0.15, 0.2) is 29.2 Å². The van der Waals surface area contributed by atoms with Gasteiger partial charge in [0.25, 0.3) is 5.56 Å². The van der Waals surface area contributed by atoms with Gasteiger partial charge in [-0.05, 0) is 24.6 Å². The predicted molar refractivity (Wildman–Crippen MR) is 76.0 cm³/mol. The van der Waals surface area contributed by atoms with Gasteiger partial charge in [0.15, 0.2) is 0 Å². The molecule has 18 heavy (non-hydrogen) atoms. The Balaban J connectivity index is 2.33. The fraction of sp³-hybridized carbons (Fsp3) is 0.385. The van der Waals surface area contributed by atoms with Crippen molar-refractivity contribution in [3.63, 3.8) is 0 Å². The molecule has 0 saturated heterocycles. The lowest BCUT2D eigenvalue weighted by Gasteiger charge is -2.08. The molecule has 0 aromatic carbocycles. The second-order valence-electron chi connectivity index (χ2n) is 4.38. The van der Waals surface area contributed by atoms with Gasteiger partial charge in [-0.1, -0.05) is 6.92 Å². The number of thioether (sulfide) groups is 1. The van der Waals surface area contributed by atoms with Gasteiger partial charge in [-0.2, -0.15) is 11.8 Å². The molecule has 1 atom stereocenters. The summed E-state index contributed by atoms with van der Waals surface area (Å²) in [6, 6.07) is 5.42. The summed E-state index contributed by atoms with van der Waals surface area (Å²) in [5.41, 5.74) is 8.16. The van der Waals surface area contributed by atoms with Crippen LogP contribution in [0, 0.1) is 6.92 Å². The maximum atomic E-state index is 11.9. The first-order valence-corrected chi connectivity index (χ1v) is 6.95.